The second kappa shape index (κ2) is 4.49. The minimum absolute atomic E-state index is 0.299. The Kier molecular flexibility index (Phi) is 2.86. The third kappa shape index (κ3) is 2.48. The summed E-state index contributed by atoms with van der Waals surface area (Å²) in [6, 6.07) is 9.34. The molecule has 0 radical (unpaired) electrons. The molecule has 72 valence electrons. The highest BCUT2D eigenvalue weighted by Crippen LogP contribution is 1.99. The van der Waals surface area contributed by atoms with Crippen molar-refractivity contribution in [2.24, 2.45) is 0 Å². The Hall–Kier alpha value is -1.99. The highest BCUT2D eigenvalue weighted by molar-refractivity contribution is 7.03. The Morgan fingerprint density at radius 1 is 1.27 bits per heavy atom. The number of hydrogen-bond donors (Lipinski definition) is 0. The average molecular weight is 214 g/mol. The van der Waals surface area contributed by atoms with Gasteiger partial charge in [0.25, 0.3) is 5.78 Å². The maximum absolute atomic E-state index is 11.4. The number of nitrogens with zero attached hydrogens (tertiary/aromatic N) is 2. The molecule has 1 heterocycles. The predicted octanol–water partition coefficient (Wildman–Crippen LogP) is 1.77. The Bertz CT molecular complexity index is 509. The van der Waals surface area contributed by atoms with E-state index in [9.17, 15) is 4.79 Å². The molecule has 0 saturated heterocycles. The van der Waals surface area contributed by atoms with Gasteiger partial charge in [0, 0.05) is 10.9 Å². The molecule has 1 aromatic heterocycles. The van der Waals surface area contributed by atoms with Crippen molar-refractivity contribution < 1.29 is 4.79 Å². The molecule has 0 aliphatic heterocycles. The lowest BCUT2D eigenvalue weighted by Crippen LogP contribution is -1.95. The summed E-state index contributed by atoms with van der Waals surface area (Å²) >= 11 is 1.14. The number of aromatic nitrogens is 2. The van der Waals surface area contributed by atoms with Crippen LogP contribution in [0, 0.1) is 11.8 Å². The number of benzene rings is 1. The molecule has 0 unspecified atom stereocenters. The average Bonchev–Trinajstić information content (AvgIpc) is 2.81. The molecule has 0 aliphatic rings. The van der Waals surface area contributed by atoms with Gasteiger partial charge in [0.1, 0.15) is 0 Å². The van der Waals surface area contributed by atoms with Gasteiger partial charge >= 0.3 is 0 Å². The van der Waals surface area contributed by atoms with Crippen molar-refractivity contribution in [3.63, 3.8) is 0 Å². The van der Waals surface area contributed by atoms with E-state index in [1.807, 2.05) is 30.3 Å². The maximum atomic E-state index is 11.4. The summed E-state index contributed by atoms with van der Waals surface area (Å²) in [6.45, 7) is 0. The summed E-state index contributed by atoms with van der Waals surface area (Å²) in [5.41, 5.74) is 1.12. The van der Waals surface area contributed by atoms with Crippen molar-refractivity contribution in [1.29, 1.82) is 0 Å². The number of rotatable bonds is 1. The number of ketones is 1. The van der Waals surface area contributed by atoms with Crippen molar-refractivity contribution in [3.05, 3.63) is 47.0 Å². The molecular formula is C11H6N2OS. The normalized spacial score (nSPS) is 9.07. The van der Waals surface area contributed by atoms with Crippen molar-refractivity contribution >= 4 is 17.3 Å². The molecular weight excluding hydrogens is 208 g/mol. The predicted molar refractivity (Wildman–Crippen MR) is 57.6 cm³/mol. The van der Waals surface area contributed by atoms with Crippen LogP contribution in [0.5, 0.6) is 0 Å². The van der Waals surface area contributed by atoms with E-state index in [1.54, 1.807) is 5.38 Å². The van der Waals surface area contributed by atoms with Crippen LogP contribution in [0.4, 0.5) is 0 Å². The Labute approximate surface area is 90.9 Å². The van der Waals surface area contributed by atoms with Crippen molar-refractivity contribution in [1.82, 2.24) is 9.59 Å². The van der Waals surface area contributed by atoms with Gasteiger partial charge in [0.05, 0.1) is 0 Å². The summed E-state index contributed by atoms with van der Waals surface area (Å²) < 4.78 is 3.60. The van der Waals surface area contributed by atoms with Gasteiger partial charge in [0.2, 0.25) is 0 Å². The fraction of sp³-hybridized carbons (Fsp3) is 0. The van der Waals surface area contributed by atoms with E-state index in [1.165, 1.54) is 0 Å². The molecule has 0 atom stereocenters. The number of hydrogen-bond acceptors (Lipinski definition) is 4. The molecule has 4 heteroatoms. The van der Waals surface area contributed by atoms with Gasteiger partial charge in [-0.1, -0.05) is 28.6 Å². The van der Waals surface area contributed by atoms with Gasteiger partial charge in [-0.3, -0.25) is 4.79 Å². The van der Waals surface area contributed by atoms with Crippen LogP contribution >= 0.6 is 11.5 Å². The van der Waals surface area contributed by atoms with Gasteiger partial charge in [-0.2, -0.15) is 0 Å². The minimum atomic E-state index is -0.299. The highest BCUT2D eigenvalue weighted by atomic mass is 32.1. The maximum Gasteiger partial charge on any atom is 0.257 e. The number of Topliss-reactive ketones (excluding diaryl/α,β-unsaturated/α-hetero) is 1. The molecule has 2 aromatic rings. The van der Waals surface area contributed by atoms with Crippen molar-refractivity contribution in [2.75, 3.05) is 0 Å². The lowest BCUT2D eigenvalue weighted by Gasteiger charge is -1.85. The molecule has 2 rings (SSSR count). The quantitative estimate of drug-likeness (QED) is 0.536. The van der Waals surface area contributed by atoms with E-state index in [0.29, 0.717) is 5.69 Å². The summed E-state index contributed by atoms with van der Waals surface area (Å²) in [4.78, 5) is 11.4. The van der Waals surface area contributed by atoms with Crippen LogP contribution in [-0.2, 0) is 0 Å². The molecule has 0 N–H and O–H groups in total. The van der Waals surface area contributed by atoms with Crippen LogP contribution in [0.15, 0.2) is 35.7 Å². The van der Waals surface area contributed by atoms with Crippen LogP contribution < -0.4 is 0 Å². The van der Waals surface area contributed by atoms with E-state index in [4.69, 9.17) is 0 Å². The largest absolute Gasteiger partial charge is 0.277 e. The third-order valence-corrected chi connectivity index (χ3v) is 2.19. The lowest BCUT2D eigenvalue weighted by molar-refractivity contribution is 0.105. The fourth-order valence-electron chi connectivity index (χ4n) is 0.978. The van der Waals surface area contributed by atoms with Gasteiger partial charge in [-0.25, -0.2) is 0 Å². The van der Waals surface area contributed by atoms with Crippen molar-refractivity contribution in [2.45, 2.75) is 0 Å². The zero-order chi connectivity index (χ0) is 10.5. The first-order valence-electron chi connectivity index (χ1n) is 4.25. The van der Waals surface area contributed by atoms with E-state index < -0.39 is 0 Å². The summed E-state index contributed by atoms with van der Waals surface area (Å²) in [7, 11) is 0. The fourth-order valence-corrected chi connectivity index (χ4v) is 1.41. The summed E-state index contributed by atoms with van der Waals surface area (Å²) in [5.74, 6) is 4.99. The molecule has 1 aromatic carbocycles. The van der Waals surface area contributed by atoms with Crippen LogP contribution in [0.3, 0.4) is 0 Å². The first-order chi connectivity index (χ1) is 7.36. The smallest absolute Gasteiger partial charge is 0.257 e. The van der Waals surface area contributed by atoms with E-state index in [-0.39, 0.29) is 5.78 Å². The first kappa shape index (κ1) is 9.56. The van der Waals surface area contributed by atoms with Gasteiger partial charge in [-0.15, -0.1) is 5.10 Å². The SMILES string of the molecule is O=C(C#Cc1ccccc1)c1csnn1. The van der Waals surface area contributed by atoms with E-state index >= 15 is 0 Å². The van der Waals surface area contributed by atoms with Gasteiger partial charge < -0.3 is 0 Å². The monoisotopic (exact) mass is 214 g/mol. The summed E-state index contributed by atoms with van der Waals surface area (Å²) in [5, 5.41) is 5.23. The Balaban J connectivity index is 2.17. The Morgan fingerprint density at radius 2 is 2.07 bits per heavy atom. The van der Waals surface area contributed by atoms with Crippen molar-refractivity contribution in [3.8, 4) is 11.8 Å². The molecule has 0 bridgehead atoms. The summed E-state index contributed by atoms with van der Waals surface area (Å²) in [6.07, 6.45) is 0. The number of carbonyl (C=O) groups excluding carboxylic acids is 1. The van der Waals surface area contributed by atoms with Gasteiger partial charge in [-0.05, 0) is 29.6 Å². The molecule has 3 nitrogen and oxygen atoms in total. The highest BCUT2D eigenvalue weighted by Gasteiger charge is 2.03. The second-order valence-electron chi connectivity index (χ2n) is 2.74. The molecule has 0 saturated carbocycles. The third-order valence-electron chi connectivity index (χ3n) is 1.69. The standard InChI is InChI=1S/C11H6N2OS/c14-11(10-8-15-13-12-10)7-6-9-4-2-1-3-5-9/h1-5,8H. The van der Waals surface area contributed by atoms with Crippen LogP contribution in [0.2, 0.25) is 0 Å². The van der Waals surface area contributed by atoms with Crippen LogP contribution in [-0.4, -0.2) is 15.4 Å². The van der Waals surface area contributed by atoms with E-state index in [0.717, 1.165) is 17.1 Å². The first-order valence-corrected chi connectivity index (χ1v) is 5.08. The zero-order valence-corrected chi connectivity index (χ0v) is 8.49. The molecule has 15 heavy (non-hydrogen) atoms. The van der Waals surface area contributed by atoms with Crippen LogP contribution in [0.25, 0.3) is 0 Å². The molecule has 0 spiro atoms. The lowest BCUT2D eigenvalue weighted by atomic mass is 10.2. The molecule has 0 fully saturated rings. The number of carbonyl (C=O) groups is 1. The molecule has 0 aliphatic carbocycles. The Morgan fingerprint density at radius 3 is 2.73 bits per heavy atom. The van der Waals surface area contributed by atoms with Crippen LogP contribution in [0.1, 0.15) is 16.1 Å². The molecule has 0 amide bonds. The van der Waals surface area contributed by atoms with Gasteiger partial charge in [0.15, 0.2) is 5.69 Å². The topological polar surface area (TPSA) is 42.9 Å². The minimum Gasteiger partial charge on any atom is -0.277 e. The second-order valence-corrected chi connectivity index (χ2v) is 3.35. The zero-order valence-electron chi connectivity index (χ0n) is 7.68. The van der Waals surface area contributed by atoms with E-state index in [2.05, 4.69) is 21.4 Å².